The summed E-state index contributed by atoms with van der Waals surface area (Å²) >= 11 is 0. The van der Waals surface area contributed by atoms with Gasteiger partial charge in [-0.3, -0.25) is 19.4 Å². The number of aryl methyl sites for hydroxylation is 1. The van der Waals surface area contributed by atoms with Crippen LogP contribution in [0, 0.1) is 5.92 Å². The molecule has 1 amide bonds. The maximum atomic E-state index is 12.7. The van der Waals surface area contributed by atoms with Crippen LogP contribution in [0.25, 0.3) is 0 Å². The smallest absolute Gasteiger partial charge is 0.246 e. The predicted octanol–water partition coefficient (Wildman–Crippen LogP) is 2.08. The van der Waals surface area contributed by atoms with Crippen molar-refractivity contribution in [1.29, 1.82) is 0 Å². The summed E-state index contributed by atoms with van der Waals surface area (Å²) in [5.41, 5.74) is 3.42. The molecule has 0 unspecified atom stereocenters. The molecule has 0 radical (unpaired) electrons. The van der Waals surface area contributed by atoms with E-state index in [4.69, 9.17) is 0 Å². The molecule has 2 fully saturated rings. The quantitative estimate of drug-likeness (QED) is 0.573. The first-order valence-corrected chi connectivity index (χ1v) is 11.6. The number of aromatic nitrogens is 2. The number of aliphatic imine (C=N–C) groups is 1. The number of piperidine rings is 1. The molecule has 0 saturated carbocycles. The highest BCUT2D eigenvalue weighted by Crippen LogP contribution is 2.19. The van der Waals surface area contributed by atoms with Crippen LogP contribution in [0.1, 0.15) is 30.9 Å². The lowest BCUT2D eigenvalue weighted by Crippen LogP contribution is -2.55. The molecule has 2 aliphatic heterocycles. The van der Waals surface area contributed by atoms with Crippen molar-refractivity contribution in [3.63, 3.8) is 0 Å². The molecule has 4 rings (SSSR count). The summed E-state index contributed by atoms with van der Waals surface area (Å²) in [7, 11) is 3.62. The van der Waals surface area contributed by atoms with Gasteiger partial charge in [0.05, 0.1) is 11.9 Å². The number of nitrogens with one attached hydrogen (secondary N) is 1. The molecule has 0 bridgehead atoms. The summed E-state index contributed by atoms with van der Waals surface area (Å²) in [5, 5.41) is 7.59. The highest BCUT2D eigenvalue weighted by Gasteiger charge is 2.27. The van der Waals surface area contributed by atoms with Gasteiger partial charge in [0.2, 0.25) is 5.91 Å². The second-order valence-corrected chi connectivity index (χ2v) is 9.02. The standard InChI is InChI=1S/C24H35N7O/c1-19-8-10-29(11-9-19)16-21-6-4-20(5-7-21)14-26-24(25-2)30-12-13-31(23(32)18-30)22-15-27-28(3)17-22/h4-7,15,17,19H,8-14,16,18H2,1-3H3,(H,25,26). The number of likely N-dealkylation sites (tertiary alicyclic amines) is 1. The fourth-order valence-electron chi connectivity index (χ4n) is 4.43. The van der Waals surface area contributed by atoms with E-state index in [1.54, 1.807) is 22.8 Å². The number of carbonyl (C=O) groups excluding carboxylic acids is 1. The van der Waals surface area contributed by atoms with E-state index in [2.05, 4.69) is 51.5 Å². The number of nitrogens with zero attached hydrogens (tertiary/aromatic N) is 6. The Hall–Kier alpha value is -2.87. The van der Waals surface area contributed by atoms with Crippen LogP contribution in [-0.2, 0) is 24.9 Å². The molecule has 8 heteroatoms. The van der Waals surface area contributed by atoms with E-state index in [1.807, 2.05) is 18.1 Å². The number of carbonyl (C=O) groups is 1. The minimum absolute atomic E-state index is 0.0589. The normalized spacial score (nSPS) is 19.0. The largest absolute Gasteiger partial charge is 0.352 e. The number of hydrogen-bond acceptors (Lipinski definition) is 4. The fraction of sp³-hybridized carbons (Fsp3) is 0.542. The maximum absolute atomic E-state index is 12.7. The van der Waals surface area contributed by atoms with Crippen molar-refractivity contribution in [1.82, 2.24) is 24.9 Å². The average Bonchev–Trinajstić information content (AvgIpc) is 3.23. The molecular formula is C24H35N7O. The maximum Gasteiger partial charge on any atom is 0.246 e. The summed E-state index contributed by atoms with van der Waals surface area (Å²) < 4.78 is 1.72. The zero-order valence-corrected chi connectivity index (χ0v) is 19.5. The van der Waals surface area contributed by atoms with Crippen molar-refractivity contribution in [2.24, 2.45) is 18.0 Å². The summed E-state index contributed by atoms with van der Waals surface area (Å²) in [6.45, 7) is 8.13. The van der Waals surface area contributed by atoms with Crippen molar-refractivity contribution in [3.8, 4) is 0 Å². The summed E-state index contributed by atoms with van der Waals surface area (Å²) in [4.78, 5) is 23.4. The molecule has 0 atom stereocenters. The van der Waals surface area contributed by atoms with Gasteiger partial charge >= 0.3 is 0 Å². The van der Waals surface area contributed by atoms with Gasteiger partial charge in [0.15, 0.2) is 5.96 Å². The van der Waals surface area contributed by atoms with Crippen LogP contribution in [0.15, 0.2) is 41.7 Å². The Morgan fingerprint density at radius 3 is 2.47 bits per heavy atom. The lowest BCUT2D eigenvalue weighted by molar-refractivity contribution is -0.120. The molecule has 172 valence electrons. The fourth-order valence-corrected chi connectivity index (χ4v) is 4.43. The lowest BCUT2D eigenvalue weighted by atomic mass is 9.99. The highest BCUT2D eigenvalue weighted by molar-refractivity contribution is 5.98. The SMILES string of the molecule is CN=C(NCc1ccc(CN2CCC(C)CC2)cc1)N1CCN(c2cnn(C)c2)C(=O)C1. The van der Waals surface area contributed by atoms with Gasteiger partial charge in [0.25, 0.3) is 0 Å². The molecule has 32 heavy (non-hydrogen) atoms. The van der Waals surface area contributed by atoms with E-state index in [1.165, 1.54) is 37.1 Å². The molecule has 0 aliphatic carbocycles. The topological polar surface area (TPSA) is 69.0 Å². The van der Waals surface area contributed by atoms with Crippen LogP contribution in [0.5, 0.6) is 0 Å². The van der Waals surface area contributed by atoms with Crippen LogP contribution in [-0.4, -0.2) is 71.2 Å². The Morgan fingerprint density at radius 2 is 1.84 bits per heavy atom. The van der Waals surface area contributed by atoms with Crippen LogP contribution in [0.4, 0.5) is 5.69 Å². The number of benzene rings is 1. The molecule has 2 saturated heterocycles. The van der Waals surface area contributed by atoms with E-state index < -0.39 is 0 Å². The van der Waals surface area contributed by atoms with Crippen LogP contribution >= 0.6 is 0 Å². The van der Waals surface area contributed by atoms with Gasteiger partial charge in [0, 0.05) is 46.5 Å². The molecule has 2 aliphatic rings. The Balaban J connectivity index is 1.27. The first-order valence-electron chi connectivity index (χ1n) is 11.6. The second-order valence-electron chi connectivity index (χ2n) is 9.02. The molecule has 1 aromatic carbocycles. The Kier molecular flexibility index (Phi) is 7.09. The highest BCUT2D eigenvalue weighted by atomic mass is 16.2. The Bertz CT molecular complexity index is 928. The molecule has 1 N–H and O–H groups in total. The first-order chi connectivity index (χ1) is 15.5. The molecule has 1 aromatic heterocycles. The Morgan fingerprint density at radius 1 is 1.12 bits per heavy atom. The average molecular weight is 438 g/mol. The summed E-state index contributed by atoms with van der Waals surface area (Å²) in [6, 6.07) is 8.84. The summed E-state index contributed by atoms with van der Waals surface area (Å²) in [5.74, 6) is 1.68. The Labute approximate surface area is 190 Å². The predicted molar refractivity (Wildman–Crippen MR) is 127 cm³/mol. The first kappa shape index (κ1) is 22.3. The van der Waals surface area contributed by atoms with Gasteiger partial charge in [-0.15, -0.1) is 0 Å². The minimum Gasteiger partial charge on any atom is -0.352 e. The van der Waals surface area contributed by atoms with Crippen molar-refractivity contribution in [2.45, 2.75) is 32.9 Å². The van der Waals surface area contributed by atoms with Gasteiger partial charge in [0.1, 0.15) is 6.54 Å². The van der Waals surface area contributed by atoms with E-state index >= 15 is 0 Å². The van der Waals surface area contributed by atoms with Crippen LogP contribution < -0.4 is 10.2 Å². The molecule has 3 heterocycles. The van der Waals surface area contributed by atoms with Gasteiger partial charge in [-0.05, 0) is 43.0 Å². The number of hydrogen-bond donors (Lipinski definition) is 1. The summed E-state index contributed by atoms with van der Waals surface area (Å²) in [6.07, 6.45) is 6.21. The zero-order valence-electron chi connectivity index (χ0n) is 19.5. The van der Waals surface area contributed by atoms with Crippen molar-refractivity contribution >= 4 is 17.6 Å². The van der Waals surface area contributed by atoms with E-state index in [-0.39, 0.29) is 5.91 Å². The van der Waals surface area contributed by atoms with Crippen LogP contribution in [0.3, 0.4) is 0 Å². The van der Waals surface area contributed by atoms with Gasteiger partial charge in [-0.25, -0.2) is 0 Å². The van der Waals surface area contributed by atoms with Gasteiger partial charge in [-0.2, -0.15) is 5.10 Å². The van der Waals surface area contributed by atoms with Gasteiger partial charge < -0.3 is 15.1 Å². The van der Waals surface area contributed by atoms with Crippen molar-refractivity contribution < 1.29 is 4.79 Å². The number of rotatable bonds is 5. The van der Waals surface area contributed by atoms with Crippen molar-refractivity contribution in [3.05, 3.63) is 47.8 Å². The number of guanidine groups is 1. The monoisotopic (exact) mass is 437 g/mol. The third-order valence-corrected chi connectivity index (χ3v) is 6.49. The minimum atomic E-state index is 0.0589. The zero-order chi connectivity index (χ0) is 22.5. The van der Waals surface area contributed by atoms with E-state index in [0.29, 0.717) is 19.6 Å². The third kappa shape index (κ3) is 5.48. The molecule has 2 aromatic rings. The third-order valence-electron chi connectivity index (χ3n) is 6.49. The van der Waals surface area contributed by atoms with Crippen LogP contribution in [0.2, 0.25) is 0 Å². The van der Waals surface area contributed by atoms with E-state index in [0.717, 1.165) is 30.7 Å². The molecular weight excluding hydrogens is 402 g/mol. The lowest BCUT2D eigenvalue weighted by Gasteiger charge is -2.35. The molecule has 8 nitrogen and oxygen atoms in total. The molecule has 0 spiro atoms. The second kappa shape index (κ2) is 10.2. The van der Waals surface area contributed by atoms with Crippen molar-refractivity contribution in [2.75, 3.05) is 44.7 Å². The number of amides is 1. The van der Waals surface area contributed by atoms with E-state index in [9.17, 15) is 4.79 Å². The van der Waals surface area contributed by atoms with Gasteiger partial charge in [-0.1, -0.05) is 31.2 Å². The number of anilines is 1. The number of piperazine rings is 1.